The summed E-state index contributed by atoms with van der Waals surface area (Å²) in [5.41, 5.74) is 2.31. The van der Waals surface area contributed by atoms with Crippen LogP contribution in [0.4, 0.5) is 5.69 Å². The Morgan fingerprint density at radius 2 is 2.10 bits per heavy atom. The number of benzene rings is 1. The predicted octanol–water partition coefficient (Wildman–Crippen LogP) is 1.87. The first-order valence-electron chi connectivity index (χ1n) is 7.51. The van der Waals surface area contributed by atoms with Gasteiger partial charge in [-0.1, -0.05) is 32.0 Å². The van der Waals surface area contributed by atoms with E-state index in [1.165, 1.54) is 5.56 Å². The molecule has 2 rings (SSSR count). The average Bonchev–Trinajstić information content (AvgIpc) is 2.88. The van der Waals surface area contributed by atoms with E-state index in [0.717, 1.165) is 31.7 Å². The molecule has 1 aliphatic heterocycles. The number of hydrogen-bond donors (Lipinski definition) is 2. The third kappa shape index (κ3) is 3.51. The quantitative estimate of drug-likeness (QED) is 0.833. The Bertz CT molecular complexity index is 432. The summed E-state index contributed by atoms with van der Waals surface area (Å²) < 4.78 is 0. The summed E-state index contributed by atoms with van der Waals surface area (Å²) in [4.78, 5) is 14.6. The van der Waals surface area contributed by atoms with E-state index < -0.39 is 0 Å². The van der Waals surface area contributed by atoms with Crippen molar-refractivity contribution in [2.45, 2.75) is 39.3 Å². The van der Waals surface area contributed by atoms with Crippen molar-refractivity contribution in [2.75, 3.05) is 25.0 Å². The number of likely N-dealkylation sites (N-methyl/N-ethyl adjacent to an activating group) is 1. The van der Waals surface area contributed by atoms with E-state index in [1.54, 1.807) is 0 Å². The fourth-order valence-corrected chi connectivity index (χ4v) is 2.71. The van der Waals surface area contributed by atoms with E-state index in [1.807, 2.05) is 18.2 Å². The largest absolute Gasteiger partial charge is 0.373 e. The molecule has 0 bridgehead atoms. The molecule has 4 nitrogen and oxygen atoms in total. The highest BCUT2D eigenvalue weighted by Gasteiger charge is 2.27. The number of nitrogens with one attached hydrogen (secondary N) is 2. The van der Waals surface area contributed by atoms with Crippen molar-refractivity contribution < 1.29 is 4.79 Å². The van der Waals surface area contributed by atoms with Gasteiger partial charge in [0.05, 0.1) is 0 Å². The minimum atomic E-state index is -0.133. The summed E-state index contributed by atoms with van der Waals surface area (Å²) >= 11 is 0. The lowest BCUT2D eigenvalue weighted by molar-refractivity contribution is -0.122. The molecule has 1 aromatic carbocycles. The highest BCUT2D eigenvalue weighted by Crippen LogP contribution is 2.25. The minimum Gasteiger partial charge on any atom is -0.373 e. The van der Waals surface area contributed by atoms with Crippen molar-refractivity contribution in [2.24, 2.45) is 0 Å². The van der Waals surface area contributed by atoms with Gasteiger partial charge in [-0.25, -0.2) is 0 Å². The van der Waals surface area contributed by atoms with Gasteiger partial charge in [0.15, 0.2) is 0 Å². The fraction of sp³-hybridized carbons (Fsp3) is 0.562. The first-order valence-corrected chi connectivity index (χ1v) is 7.51. The maximum absolute atomic E-state index is 12.3. The zero-order valence-corrected chi connectivity index (χ0v) is 12.6. The number of rotatable bonds is 6. The molecule has 0 radical (unpaired) electrons. The van der Waals surface area contributed by atoms with Gasteiger partial charge in [0.1, 0.15) is 6.04 Å². The van der Waals surface area contributed by atoms with Crippen LogP contribution in [0.2, 0.25) is 0 Å². The zero-order valence-electron chi connectivity index (χ0n) is 12.6. The van der Waals surface area contributed by atoms with Gasteiger partial charge in [0.25, 0.3) is 0 Å². The molecule has 2 N–H and O–H groups in total. The van der Waals surface area contributed by atoms with Gasteiger partial charge < -0.3 is 15.5 Å². The second-order valence-corrected chi connectivity index (χ2v) is 5.45. The van der Waals surface area contributed by atoms with Crippen LogP contribution in [0, 0.1) is 0 Å². The van der Waals surface area contributed by atoms with Crippen LogP contribution in [0.1, 0.15) is 26.3 Å². The molecule has 0 saturated heterocycles. The fourth-order valence-electron chi connectivity index (χ4n) is 2.71. The van der Waals surface area contributed by atoms with Crippen LogP contribution < -0.4 is 10.6 Å². The Kier molecular flexibility index (Phi) is 5.01. The van der Waals surface area contributed by atoms with E-state index in [0.29, 0.717) is 0 Å². The standard InChI is InChI=1S/C16H25N3O/c1-4-19(5-2)11-12(3)17-16(20)15-10-13-8-6-7-9-14(13)18-15/h6-9,12,15,18H,4-5,10-11H2,1-3H3,(H,17,20)/t12?,15-/m0/s1. The number of carbonyl (C=O) groups excluding carboxylic acids is 1. The number of fused-ring (bicyclic) bond motifs is 1. The summed E-state index contributed by atoms with van der Waals surface area (Å²) in [5, 5.41) is 6.41. The summed E-state index contributed by atoms with van der Waals surface area (Å²) in [6.07, 6.45) is 0.778. The van der Waals surface area contributed by atoms with Gasteiger partial charge in [-0.15, -0.1) is 0 Å². The Hall–Kier alpha value is -1.55. The first kappa shape index (κ1) is 14.9. The predicted molar refractivity (Wildman–Crippen MR) is 82.9 cm³/mol. The molecule has 110 valence electrons. The molecular formula is C16H25N3O. The Morgan fingerprint density at radius 3 is 2.75 bits per heavy atom. The molecule has 20 heavy (non-hydrogen) atoms. The molecule has 4 heteroatoms. The van der Waals surface area contributed by atoms with Gasteiger partial charge in [-0.3, -0.25) is 4.79 Å². The molecule has 0 saturated carbocycles. The number of hydrogen-bond acceptors (Lipinski definition) is 3. The summed E-state index contributed by atoms with van der Waals surface area (Å²) in [6, 6.07) is 8.16. The molecule has 0 aliphatic carbocycles. The molecule has 1 aliphatic rings. The molecule has 0 spiro atoms. The smallest absolute Gasteiger partial charge is 0.243 e. The summed E-state index contributed by atoms with van der Waals surface area (Å²) in [6.45, 7) is 9.30. The number of anilines is 1. The molecule has 2 atom stereocenters. The van der Waals surface area contributed by atoms with Crippen LogP contribution in [0.15, 0.2) is 24.3 Å². The lowest BCUT2D eigenvalue weighted by Gasteiger charge is -2.24. The van der Waals surface area contributed by atoms with Crippen molar-refractivity contribution >= 4 is 11.6 Å². The van der Waals surface area contributed by atoms with Crippen LogP contribution in [0.3, 0.4) is 0 Å². The molecule has 1 heterocycles. The topological polar surface area (TPSA) is 44.4 Å². The van der Waals surface area contributed by atoms with E-state index in [2.05, 4.69) is 42.4 Å². The first-order chi connectivity index (χ1) is 9.63. The number of nitrogens with zero attached hydrogens (tertiary/aromatic N) is 1. The Morgan fingerprint density at radius 1 is 1.40 bits per heavy atom. The van der Waals surface area contributed by atoms with E-state index in [4.69, 9.17) is 0 Å². The lowest BCUT2D eigenvalue weighted by atomic mass is 10.1. The SMILES string of the molecule is CCN(CC)CC(C)NC(=O)[C@@H]1Cc2ccccc2N1. The van der Waals surface area contributed by atoms with Gasteiger partial charge in [-0.05, 0) is 31.6 Å². The van der Waals surface area contributed by atoms with Crippen LogP contribution in [-0.2, 0) is 11.2 Å². The monoisotopic (exact) mass is 275 g/mol. The third-order valence-corrected chi connectivity index (χ3v) is 3.90. The highest BCUT2D eigenvalue weighted by atomic mass is 16.2. The van der Waals surface area contributed by atoms with Gasteiger partial charge >= 0.3 is 0 Å². The van der Waals surface area contributed by atoms with E-state index in [-0.39, 0.29) is 18.0 Å². The van der Waals surface area contributed by atoms with E-state index >= 15 is 0 Å². The molecule has 1 amide bonds. The highest BCUT2D eigenvalue weighted by molar-refractivity contribution is 5.87. The minimum absolute atomic E-state index is 0.0980. The summed E-state index contributed by atoms with van der Waals surface area (Å²) in [7, 11) is 0. The number of carbonyl (C=O) groups is 1. The van der Waals surface area contributed by atoms with Crippen molar-refractivity contribution in [1.29, 1.82) is 0 Å². The van der Waals surface area contributed by atoms with Crippen molar-refractivity contribution in [3.05, 3.63) is 29.8 Å². The second-order valence-electron chi connectivity index (χ2n) is 5.45. The molecule has 1 aromatic rings. The molecular weight excluding hydrogens is 250 g/mol. The van der Waals surface area contributed by atoms with Crippen LogP contribution in [0.25, 0.3) is 0 Å². The van der Waals surface area contributed by atoms with Crippen LogP contribution in [-0.4, -0.2) is 42.5 Å². The van der Waals surface area contributed by atoms with Crippen LogP contribution >= 0.6 is 0 Å². The normalized spacial score (nSPS) is 18.5. The van der Waals surface area contributed by atoms with Crippen LogP contribution in [0.5, 0.6) is 0 Å². The number of amides is 1. The van der Waals surface area contributed by atoms with Crippen molar-refractivity contribution in [1.82, 2.24) is 10.2 Å². The second kappa shape index (κ2) is 6.75. The zero-order chi connectivity index (χ0) is 14.5. The Balaban J connectivity index is 1.85. The number of para-hydroxylation sites is 1. The van der Waals surface area contributed by atoms with E-state index in [9.17, 15) is 4.79 Å². The summed E-state index contributed by atoms with van der Waals surface area (Å²) in [5.74, 6) is 0.0980. The maximum atomic E-state index is 12.3. The van der Waals surface area contributed by atoms with Crippen molar-refractivity contribution in [3.63, 3.8) is 0 Å². The average molecular weight is 275 g/mol. The molecule has 1 unspecified atom stereocenters. The van der Waals surface area contributed by atoms with Gasteiger partial charge in [0, 0.05) is 24.7 Å². The third-order valence-electron chi connectivity index (χ3n) is 3.90. The molecule has 0 aromatic heterocycles. The lowest BCUT2D eigenvalue weighted by Crippen LogP contribution is -2.47. The van der Waals surface area contributed by atoms with Crippen molar-refractivity contribution in [3.8, 4) is 0 Å². The van der Waals surface area contributed by atoms with Gasteiger partial charge in [-0.2, -0.15) is 0 Å². The Labute approximate surface area is 121 Å². The van der Waals surface area contributed by atoms with Gasteiger partial charge in [0.2, 0.25) is 5.91 Å². The maximum Gasteiger partial charge on any atom is 0.243 e. The molecule has 0 fully saturated rings.